The van der Waals surface area contributed by atoms with Crippen LogP contribution in [0.5, 0.6) is 5.75 Å². The van der Waals surface area contributed by atoms with Crippen LogP contribution in [0.2, 0.25) is 0 Å². The third kappa shape index (κ3) is 5.18. The number of nitrogens with zero attached hydrogens (tertiary/aromatic N) is 1. The van der Waals surface area contributed by atoms with Crippen molar-refractivity contribution in [1.29, 1.82) is 0 Å². The van der Waals surface area contributed by atoms with Crippen molar-refractivity contribution in [2.75, 3.05) is 20.8 Å². The van der Waals surface area contributed by atoms with Crippen LogP contribution in [0.3, 0.4) is 0 Å². The Bertz CT molecular complexity index is 1100. The van der Waals surface area contributed by atoms with Gasteiger partial charge in [-0.15, -0.1) is 0 Å². The zero-order valence-electron chi connectivity index (χ0n) is 17.2. The molecule has 33 heavy (non-hydrogen) atoms. The molecule has 1 aromatic rings. The first-order chi connectivity index (χ1) is 15.4. The van der Waals surface area contributed by atoms with Gasteiger partial charge in [-0.3, -0.25) is 0 Å². The van der Waals surface area contributed by atoms with E-state index >= 15 is 0 Å². The van der Waals surface area contributed by atoms with Gasteiger partial charge in [0.2, 0.25) is 0 Å². The van der Waals surface area contributed by atoms with Crippen LogP contribution >= 0.6 is 23.5 Å². The summed E-state index contributed by atoms with van der Waals surface area (Å²) >= 11 is 0. The molecule has 0 aliphatic carbocycles. The summed E-state index contributed by atoms with van der Waals surface area (Å²) in [7, 11) is -10.4. The van der Waals surface area contributed by atoms with Crippen molar-refractivity contribution in [2.24, 2.45) is 0 Å². The zero-order chi connectivity index (χ0) is 24.2. The van der Waals surface area contributed by atoms with Gasteiger partial charge in [-0.1, -0.05) is 0 Å². The molecule has 0 saturated carbocycles. The summed E-state index contributed by atoms with van der Waals surface area (Å²) in [6.45, 7) is -1.55. The van der Waals surface area contributed by atoms with Crippen LogP contribution in [-0.2, 0) is 45.5 Å². The fourth-order valence-corrected chi connectivity index (χ4v) is 10.0. The summed E-state index contributed by atoms with van der Waals surface area (Å²) in [4.78, 5) is 45.3. The Labute approximate surface area is 185 Å². The second-order valence-electron chi connectivity index (χ2n) is 7.03. The molecule has 3 fully saturated rings. The first-order valence-electron chi connectivity index (χ1n) is 9.16. The van der Waals surface area contributed by atoms with E-state index in [0.29, 0.717) is 0 Å². The Morgan fingerprint density at radius 1 is 1.15 bits per heavy atom. The van der Waals surface area contributed by atoms with Crippen molar-refractivity contribution in [2.45, 2.75) is 31.0 Å². The molecule has 0 amide bonds. The number of fused-ring (bicyclic) bond motifs is 1. The third-order valence-corrected chi connectivity index (χ3v) is 11.6. The molecule has 4 unspecified atom stereocenters. The Hall–Kier alpha value is -0.965. The fraction of sp³-hybridized carbons (Fsp3) is 0.667. The molecule has 3 aliphatic rings. The van der Waals surface area contributed by atoms with E-state index in [4.69, 9.17) is 36.8 Å². The van der Waals surface area contributed by atoms with Gasteiger partial charge >= 0.3 is 185 Å². The molecule has 4 heterocycles. The molecular formula is C12H20BN2O15P3. The van der Waals surface area contributed by atoms with Crippen molar-refractivity contribution in [3.63, 3.8) is 0 Å². The number of aromatic amines is 1. The molecule has 21 heteroatoms. The van der Waals surface area contributed by atoms with E-state index in [1.165, 1.54) is 14.2 Å². The molecule has 0 spiro atoms. The first-order valence-corrected chi connectivity index (χ1v) is 14.4. The Kier molecular flexibility index (Phi) is 6.79. The number of phosphoric acid groups is 2. The average Bonchev–Trinajstić information content (AvgIpc) is 3.23. The predicted octanol–water partition coefficient (Wildman–Crippen LogP) is -1.52. The van der Waals surface area contributed by atoms with Gasteiger partial charge in [-0.25, -0.2) is 0 Å². The van der Waals surface area contributed by atoms with Crippen LogP contribution in [0.1, 0.15) is 6.23 Å². The van der Waals surface area contributed by atoms with E-state index in [1.54, 1.807) is 0 Å². The Morgan fingerprint density at radius 2 is 1.79 bits per heavy atom. The van der Waals surface area contributed by atoms with E-state index in [0.717, 1.165) is 18.3 Å². The normalized spacial score (nSPS) is 40.9. The number of hydrogen-bond acceptors (Lipinski definition) is 13. The molecule has 0 aromatic carbocycles. The summed E-state index contributed by atoms with van der Waals surface area (Å²) in [5, 5.41) is 0. The summed E-state index contributed by atoms with van der Waals surface area (Å²) < 4.78 is 70.6. The SMILES string of the molecule is B[PH]1(OC[C@H]2O[C@@H](n3cc(OC)c(=O)[nH]c3=O)[C@H]3OC(OC)OC23)OP(=O)(O)OP(=O)(O)O1. The molecule has 3 N–H and O–H groups in total. The average molecular weight is 536 g/mol. The van der Waals surface area contributed by atoms with Crippen LogP contribution < -0.4 is 16.0 Å². The van der Waals surface area contributed by atoms with E-state index < -0.39 is 72.3 Å². The number of methoxy groups -OCH3 is 2. The molecule has 7 atom stereocenters. The summed E-state index contributed by atoms with van der Waals surface area (Å²) in [5.74, 6) is -0.169. The molecular weight excluding hydrogens is 516 g/mol. The van der Waals surface area contributed by atoms with Gasteiger partial charge in [0.1, 0.15) is 0 Å². The second-order valence-corrected chi connectivity index (χ2v) is 13.0. The minimum atomic E-state index is -4.92. The van der Waals surface area contributed by atoms with E-state index in [1.807, 2.05) is 0 Å². The molecule has 0 bridgehead atoms. The van der Waals surface area contributed by atoms with Crippen molar-refractivity contribution in [1.82, 2.24) is 9.55 Å². The van der Waals surface area contributed by atoms with E-state index in [9.17, 15) is 28.5 Å². The monoisotopic (exact) mass is 536 g/mol. The van der Waals surface area contributed by atoms with Crippen molar-refractivity contribution >= 4 is 31.0 Å². The van der Waals surface area contributed by atoms with E-state index in [2.05, 4.69) is 9.29 Å². The summed E-state index contributed by atoms with van der Waals surface area (Å²) in [6, 6.07) is 0. The number of rotatable bonds is 6. The second kappa shape index (κ2) is 8.92. The molecule has 3 saturated heterocycles. The fourth-order valence-electron chi connectivity index (χ4n) is 3.46. The van der Waals surface area contributed by atoms with Gasteiger partial charge in [0, 0.05) is 0 Å². The first kappa shape index (κ1) is 25.1. The van der Waals surface area contributed by atoms with Crippen LogP contribution in [0.4, 0.5) is 0 Å². The minimum absolute atomic E-state index is 0.169. The van der Waals surface area contributed by atoms with Gasteiger partial charge in [0.15, 0.2) is 0 Å². The topological polar surface area (TPSA) is 213 Å². The number of aromatic nitrogens is 2. The summed E-state index contributed by atoms with van der Waals surface area (Å²) in [6.07, 6.45) is -2.82. The quantitative estimate of drug-likeness (QED) is 0.278. The zero-order valence-corrected chi connectivity index (χ0v) is 20.0. The number of hydrogen-bond donors (Lipinski definition) is 3. The van der Waals surface area contributed by atoms with Crippen LogP contribution in [0.25, 0.3) is 0 Å². The molecule has 4 rings (SSSR count). The van der Waals surface area contributed by atoms with Gasteiger partial charge in [0.05, 0.1) is 0 Å². The summed E-state index contributed by atoms with van der Waals surface area (Å²) in [5.41, 5.74) is -1.57. The molecule has 0 radical (unpaired) electrons. The van der Waals surface area contributed by atoms with Crippen molar-refractivity contribution in [3.8, 4) is 5.75 Å². The molecule has 17 nitrogen and oxygen atoms in total. The van der Waals surface area contributed by atoms with E-state index in [-0.39, 0.29) is 5.75 Å². The molecule has 1 aromatic heterocycles. The maximum atomic E-state index is 12.4. The number of nitrogens with one attached hydrogen (secondary N) is 1. The maximum absolute atomic E-state index is 12.4. The number of H-pyrrole nitrogens is 1. The third-order valence-electron chi connectivity index (χ3n) is 4.72. The van der Waals surface area contributed by atoms with Crippen LogP contribution in [-0.4, -0.2) is 72.5 Å². The number of ether oxygens (including phenoxy) is 5. The van der Waals surface area contributed by atoms with Gasteiger partial charge < -0.3 is 0 Å². The van der Waals surface area contributed by atoms with Gasteiger partial charge in [-0.2, -0.15) is 0 Å². The van der Waals surface area contributed by atoms with Gasteiger partial charge in [-0.05, 0) is 0 Å². The molecule has 186 valence electrons. The van der Waals surface area contributed by atoms with Crippen LogP contribution in [0, 0.1) is 0 Å². The standard InChI is InChI=1S/C12H20BN2O15P3/c1-22-5-3-15(11(17)14-9(5)16)10-8-7(26-12(23-2)27-8)6(25-10)4-24-31(13)28-32(18,19)30-33(20,21)29-31/h3,6-8,10,12,31H,4,13H2,1-2H3,(H,18,19)(H,20,21)(H,14,16,17)/t6-,7?,8+,10-,12?/m1/s1. The predicted molar refractivity (Wildman–Crippen MR) is 108 cm³/mol. The Morgan fingerprint density at radius 3 is 2.39 bits per heavy atom. The van der Waals surface area contributed by atoms with Crippen molar-refractivity contribution < 1.29 is 60.1 Å². The van der Waals surface area contributed by atoms with Gasteiger partial charge in [0.25, 0.3) is 0 Å². The van der Waals surface area contributed by atoms with Crippen molar-refractivity contribution in [3.05, 3.63) is 27.0 Å². The Balaban J connectivity index is 1.58. The molecule has 3 aliphatic heterocycles. The van der Waals surface area contributed by atoms with Crippen LogP contribution in [0.15, 0.2) is 15.8 Å².